The molecule has 0 atom stereocenters. The number of hydrogen-bond donors (Lipinski definition) is 0. The van der Waals surface area contributed by atoms with E-state index in [1.165, 1.54) is 0 Å². The Kier molecular flexibility index (Phi) is 2.66. The maximum absolute atomic E-state index is 12.7. The van der Waals surface area contributed by atoms with Crippen LogP contribution in [0.2, 0.25) is 0 Å². The van der Waals surface area contributed by atoms with E-state index in [-0.39, 0.29) is 5.56 Å². The Bertz CT molecular complexity index is 1060. The number of aromatic nitrogens is 3. The molecule has 0 bridgehead atoms. The number of hydrogen-bond acceptors (Lipinski definition) is 3. The van der Waals surface area contributed by atoms with Crippen LogP contribution in [0.25, 0.3) is 27.4 Å². The Balaban J connectivity index is 2.14. The fraction of sp³-hybridized carbons (Fsp3) is 0. The van der Waals surface area contributed by atoms with E-state index in [2.05, 4.69) is 10.1 Å². The lowest BCUT2D eigenvalue weighted by Gasteiger charge is -2.08. The maximum Gasteiger partial charge on any atom is 0.294 e. The number of para-hydroxylation sites is 1. The highest BCUT2D eigenvalue weighted by Gasteiger charge is 2.14. The van der Waals surface area contributed by atoms with Crippen LogP contribution < -0.4 is 5.56 Å². The van der Waals surface area contributed by atoms with Gasteiger partial charge in [0.05, 0.1) is 22.0 Å². The second kappa shape index (κ2) is 4.66. The van der Waals surface area contributed by atoms with Gasteiger partial charge >= 0.3 is 0 Å². The zero-order valence-electron chi connectivity index (χ0n) is 11.4. The lowest BCUT2D eigenvalue weighted by Crippen LogP contribution is -2.21. The predicted octanol–water partition coefficient (Wildman–Crippen LogP) is 3.08. The molecule has 0 unspecified atom stereocenters. The van der Waals surface area contributed by atoms with Crippen LogP contribution in [0.3, 0.4) is 0 Å². The molecule has 0 spiro atoms. The first-order chi connectivity index (χ1) is 10.8. The van der Waals surface area contributed by atoms with E-state index in [4.69, 9.17) is 0 Å². The van der Waals surface area contributed by atoms with Crippen molar-refractivity contribution in [1.82, 2.24) is 14.8 Å². The first kappa shape index (κ1) is 12.5. The van der Waals surface area contributed by atoms with E-state index < -0.39 is 5.88 Å². The van der Waals surface area contributed by atoms with E-state index in [1.807, 2.05) is 24.3 Å². The van der Waals surface area contributed by atoms with Crippen LogP contribution in [0, 0.1) is 0 Å². The smallest absolute Gasteiger partial charge is 0.267 e. The Morgan fingerprint density at radius 3 is 2.50 bits per heavy atom. The van der Waals surface area contributed by atoms with Gasteiger partial charge in [0.1, 0.15) is 0 Å². The van der Waals surface area contributed by atoms with Gasteiger partial charge in [-0.1, -0.05) is 30.3 Å². The molecule has 0 aliphatic heterocycles. The van der Waals surface area contributed by atoms with Crippen LogP contribution >= 0.6 is 0 Å². The van der Waals surface area contributed by atoms with E-state index >= 15 is 0 Å². The van der Waals surface area contributed by atoms with Gasteiger partial charge in [-0.15, -0.1) is 5.10 Å². The number of nitrogens with zero attached hydrogens (tertiary/aromatic N) is 3. The van der Waals surface area contributed by atoms with Crippen molar-refractivity contribution in [2.75, 3.05) is 0 Å². The molecule has 5 heteroatoms. The highest BCUT2D eigenvalue weighted by atomic mass is 16.3. The van der Waals surface area contributed by atoms with Gasteiger partial charge in [0.2, 0.25) is 0 Å². The topological polar surface area (TPSA) is 67.7 Å². The molecular weight excluding hydrogens is 278 g/mol. The molecule has 2 aromatic heterocycles. The molecule has 0 aliphatic carbocycles. The van der Waals surface area contributed by atoms with Crippen molar-refractivity contribution in [3.63, 3.8) is 0 Å². The van der Waals surface area contributed by atoms with Crippen LogP contribution in [0.15, 0.2) is 65.6 Å². The molecule has 0 amide bonds. The third-order valence-electron chi connectivity index (χ3n) is 3.61. The van der Waals surface area contributed by atoms with Crippen molar-refractivity contribution in [1.29, 1.82) is 0 Å². The number of rotatable bonds is 1. The van der Waals surface area contributed by atoms with Crippen molar-refractivity contribution < 1.29 is 5.11 Å². The van der Waals surface area contributed by atoms with E-state index in [1.54, 1.807) is 36.5 Å². The minimum atomic E-state index is -0.428. The molecule has 22 heavy (non-hydrogen) atoms. The van der Waals surface area contributed by atoms with Crippen molar-refractivity contribution in [3.8, 4) is 11.6 Å². The summed E-state index contributed by atoms with van der Waals surface area (Å²) in [6.45, 7) is 0. The van der Waals surface area contributed by atoms with Gasteiger partial charge in [0, 0.05) is 11.6 Å². The van der Waals surface area contributed by atoms with E-state index in [9.17, 15) is 9.90 Å². The first-order valence-corrected chi connectivity index (χ1v) is 6.79. The summed E-state index contributed by atoms with van der Waals surface area (Å²) in [5.41, 5.74) is 0.814. The summed E-state index contributed by atoms with van der Waals surface area (Å²) in [5.74, 6) is -0.428. The SMILES string of the molecule is [O]c1nn(-c2cccc3cccnc23)c(=O)c2ccccc12. The molecule has 4 rings (SSSR count). The summed E-state index contributed by atoms with van der Waals surface area (Å²) in [7, 11) is 0. The quantitative estimate of drug-likeness (QED) is 0.540. The molecule has 5 nitrogen and oxygen atoms in total. The zero-order chi connectivity index (χ0) is 15.1. The van der Waals surface area contributed by atoms with Crippen LogP contribution in [0.5, 0.6) is 5.88 Å². The second-order valence-electron chi connectivity index (χ2n) is 4.92. The number of pyridine rings is 1. The zero-order valence-corrected chi connectivity index (χ0v) is 11.4. The molecule has 0 N–H and O–H groups in total. The normalized spacial score (nSPS) is 11.1. The minimum absolute atomic E-state index is 0.326. The van der Waals surface area contributed by atoms with Crippen LogP contribution in [0.1, 0.15) is 0 Å². The van der Waals surface area contributed by atoms with Crippen LogP contribution in [-0.2, 0) is 5.11 Å². The van der Waals surface area contributed by atoms with Crippen molar-refractivity contribution in [2.24, 2.45) is 0 Å². The third kappa shape index (κ3) is 1.76. The lowest BCUT2D eigenvalue weighted by molar-refractivity contribution is 0.333. The van der Waals surface area contributed by atoms with Gasteiger partial charge in [-0.3, -0.25) is 14.9 Å². The van der Waals surface area contributed by atoms with E-state index in [0.29, 0.717) is 22.0 Å². The summed E-state index contributed by atoms with van der Waals surface area (Å²) in [6, 6.07) is 15.9. The molecule has 2 heterocycles. The summed E-state index contributed by atoms with van der Waals surface area (Å²) in [5, 5.41) is 17.7. The highest BCUT2D eigenvalue weighted by Crippen LogP contribution is 2.23. The Labute approximate surface area is 125 Å². The molecule has 2 aromatic carbocycles. The minimum Gasteiger partial charge on any atom is -0.267 e. The van der Waals surface area contributed by atoms with Crippen molar-refractivity contribution in [3.05, 3.63) is 71.1 Å². The molecule has 0 saturated carbocycles. The van der Waals surface area contributed by atoms with Gasteiger partial charge < -0.3 is 0 Å². The molecule has 1 radical (unpaired) electrons. The predicted molar refractivity (Wildman–Crippen MR) is 82.8 cm³/mol. The molecule has 105 valence electrons. The highest BCUT2D eigenvalue weighted by molar-refractivity contribution is 5.88. The average molecular weight is 288 g/mol. The second-order valence-corrected chi connectivity index (χ2v) is 4.92. The third-order valence-corrected chi connectivity index (χ3v) is 3.61. The summed E-state index contributed by atoms with van der Waals surface area (Å²) in [4.78, 5) is 17.0. The monoisotopic (exact) mass is 288 g/mol. The first-order valence-electron chi connectivity index (χ1n) is 6.79. The standard InChI is InChI=1S/C17H10N3O2/c21-16-12-7-1-2-8-13(12)17(22)20(19-16)14-9-3-5-11-6-4-10-18-15(11)14/h1-10H. The maximum atomic E-state index is 12.7. The largest absolute Gasteiger partial charge is 0.294 e. The number of fused-ring (bicyclic) bond motifs is 2. The Morgan fingerprint density at radius 2 is 1.64 bits per heavy atom. The Hall–Kier alpha value is -3.21. The molecule has 4 aromatic rings. The number of benzene rings is 2. The van der Waals surface area contributed by atoms with Gasteiger partial charge in [-0.05, 0) is 24.3 Å². The van der Waals surface area contributed by atoms with Crippen molar-refractivity contribution in [2.45, 2.75) is 0 Å². The van der Waals surface area contributed by atoms with Gasteiger partial charge in [-0.2, -0.15) is 4.68 Å². The summed E-state index contributed by atoms with van der Waals surface area (Å²) >= 11 is 0. The summed E-state index contributed by atoms with van der Waals surface area (Å²) in [6.07, 6.45) is 1.65. The van der Waals surface area contributed by atoms with Gasteiger partial charge in [0.15, 0.2) is 0 Å². The molecule has 0 saturated heterocycles. The molecular formula is C17H10N3O2. The molecule has 0 aliphatic rings. The average Bonchev–Trinajstić information content (AvgIpc) is 2.58. The fourth-order valence-electron chi connectivity index (χ4n) is 2.58. The molecule has 0 fully saturated rings. The van der Waals surface area contributed by atoms with Crippen LogP contribution in [0.4, 0.5) is 0 Å². The fourth-order valence-corrected chi connectivity index (χ4v) is 2.58. The van der Waals surface area contributed by atoms with Gasteiger partial charge in [-0.25, -0.2) is 0 Å². The van der Waals surface area contributed by atoms with Crippen LogP contribution in [-0.4, -0.2) is 14.8 Å². The van der Waals surface area contributed by atoms with E-state index in [0.717, 1.165) is 10.1 Å². The van der Waals surface area contributed by atoms with Crippen molar-refractivity contribution >= 4 is 21.7 Å². The lowest BCUT2D eigenvalue weighted by atomic mass is 10.1. The summed E-state index contributed by atoms with van der Waals surface area (Å²) < 4.78 is 1.14. The Morgan fingerprint density at radius 1 is 0.864 bits per heavy atom. The van der Waals surface area contributed by atoms with Gasteiger partial charge in [0.25, 0.3) is 11.4 Å².